The number of thioether (sulfide) groups is 1. The minimum atomic E-state index is -4.31. The first-order chi connectivity index (χ1) is 7.54. The molecule has 0 unspecified atom stereocenters. The van der Waals surface area contributed by atoms with Crippen molar-refractivity contribution in [1.82, 2.24) is 4.98 Å². The Morgan fingerprint density at radius 3 is 2.50 bits per heavy atom. The van der Waals surface area contributed by atoms with Crippen molar-refractivity contribution in [1.29, 1.82) is 0 Å². The van der Waals surface area contributed by atoms with Crippen LogP contribution in [0, 0.1) is 0 Å². The van der Waals surface area contributed by atoms with E-state index in [1.54, 1.807) is 0 Å². The molecule has 0 aliphatic rings. The van der Waals surface area contributed by atoms with Crippen LogP contribution in [0.15, 0.2) is 23.4 Å². The number of nitrogens with zero attached hydrogens (tertiary/aromatic N) is 1. The Morgan fingerprint density at radius 2 is 2.00 bits per heavy atom. The van der Waals surface area contributed by atoms with E-state index >= 15 is 0 Å². The van der Waals surface area contributed by atoms with Crippen LogP contribution in [0.3, 0.4) is 0 Å². The molecule has 0 amide bonds. The molecular weight excluding hydrogens is 237 g/mol. The third-order valence-electron chi connectivity index (χ3n) is 1.91. The fraction of sp³-hybridized carbons (Fsp3) is 0.500. The highest BCUT2D eigenvalue weighted by Crippen LogP contribution is 2.29. The van der Waals surface area contributed by atoms with Crippen LogP contribution in [0.25, 0.3) is 0 Å². The number of nitrogens with two attached hydrogens (primary N) is 1. The molecule has 0 radical (unpaired) electrons. The lowest BCUT2D eigenvalue weighted by molar-refractivity contribution is -0.137. The lowest BCUT2D eigenvalue weighted by atomic mass is 10.3. The summed E-state index contributed by atoms with van der Waals surface area (Å²) in [5, 5.41) is 0.616. The number of alkyl halides is 3. The SMILES string of the molecule is NCCCCSc1ccc(C(F)(F)F)cn1. The third-order valence-corrected chi connectivity index (χ3v) is 2.94. The Bertz CT molecular complexity index is 311. The minimum Gasteiger partial charge on any atom is -0.330 e. The van der Waals surface area contributed by atoms with Gasteiger partial charge in [-0.3, -0.25) is 0 Å². The summed E-state index contributed by atoms with van der Waals surface area (Å²) in [6.07, 6.45) is -1.57. The number of unbranched alkanes of at least 4 members (excludes halogenated alkanes) is 1. The molecule has 6 heteroatoms. The standard InChI is InChI=1S/C10H13F3N2S/c11-10(12,13)8-3-4-9(15-7-8)16-6-2-1-5-14/h3-4,7H,1-2,5-6,14H2. The Hall–Kier alpha value is -0.750. The average Bonchev–Trinajstić information content (AvgIpc) is 2.24. The number of hydrogen-bond acceptors (Lipinski definition) is 3. The van der Waals surface area contributed by atoms with Crippen LogP contribution in [0.5, 0.6) is 0 Å². The molecule has 0 aliphatic carbocycles. The van der Waals surface area contributed by atoms with Crippen molar-refractivity contribution in [3.8, 4) is 0 Å². The maximum absolute atomic E-state index is 12.2. The summed E-state index contributed by atoms with van der Waals surface area (Å²) in [5.74, 6) is 0.829. The monoisotopic (exact) mass is 250 g/mol. The topological polar surface area (TPSA) is 38.9 Å². The van der Waals surface area contributed by atoms with E-state index in [0.29, 0.717) is 11.6 Å². The molecule has 16 heavy (non-hydrogen) atoms. The third kappa shape index (κ3) is 4.40. The smallest absolute Gasteiger partial charge is 0.330 e. The van der Waals surface area contributed by atoms with Crippen LogP contribution in [0.4, 0.5) is 13.2 Å². The van der Waals surface area contributed by atoms with Gasteiger partial charge in [-0.25, -0.2) is 4.98 Å². The van der Waals surface area contributed by atoms with Gasteiger partial charge < -0.3 is 5.73 Å². The molecular formula is C10H13F3N2S. The van der Waals surface area contributed by atoms with Crippen molar-refractivity contribution in [3.63, 3.8) is 0 Å². The van der Waals surface area contributed by atoms with Gasteiger partial charge in [-0.15, -0.1) is 11.8 Å². The minimum absolute atomic E-state index is 0.616. The van der Waals surface area contributed by atoms with E-state index < -0.39 is 11.7 Å². The number of rotatable bonds is 5. The molecule has 0 fully saturated rings. The predicted molar refractivity (Wildman–Crippen MR) is 58.3 cm³/mol. The Balaban J connectivity index is 2.46. The van der Waals surface area contributed by atoms with Crippen molar-refractivity contribution >= 4 is 11.8 Å². The van der Waals surface area contributed by atoms with Crippen LogP contribution in [-0.2, 0) is 6.18 Å². The van der Waals surface area contributed by atoms with Crippen molar-refractivity contribution < 1.29 is 13.2 Å². The van der Waals surface area contributed by atoms with Crippen LogP contribution < -0.4 is 5.73 Å². The fourth-order valence-electron chi connectivity index (χ4n) is 1.06. The van der Waals surface area contributed by atoms with Gasteiger partial charge in [0.2, 0.25) is 0 Å². The second-order valence-corrected chi connectivity index (χ2v) is 4.34. The van der Waals surface area contributed by atoms with Crippen molar-refractivity contribution in [2.24, 2.45) is 5.73 Å². The van der Waals surface area contributed by atoms with Crippen LogP contribution in [-0.4, -0.2) is 17.3 Å². The largest absolute Gasteiger partial charge is 0.417 e. The van der Waals surface area contributed by atoms with Gasteiger partial charge in [-0.05, 0) is 37.3 Å². The number of hydrogen-bond donors (Lipinski definition) is 1. The summed E-state index contributed by atoms with van der Waals surface area (Å²) in [4.78, 5) is 3.75. The van der Waals surface area contributed by atoms with Gasteiger partial charge >= 0.3 is 6.18 Å². The second-order valence-electron chi connectivity index (χ2n) is 3.23. The van der Waals surface area contributed by atoms with E-state index in [4.69, 9.17) is 5.73 Å². The van der Waals surface area contributed by atoms with Crippen LogP contribution >= 0.6 is 11.8 Å². The lowest BCUT2D eigenvalue weighted by Crippen LogP contribution is -2.05. The molecule has 1 aromatic heterocycles. The molecule has 0 aliphatic heterocycles. The number of aromatic nitrogens is 1. The number of halogens is 3. The zero-order valence-corrected chi connectivity index (χ0v) is 9.44. The summed E-state index contributed by atoms with van der Waals surface area (Å²) < 4.78 is 36.6. The van der Waals surface area contributed by atoms with Gasteiger partial charge in [0, 0.05) is 6.20 Å². The molecule has 1 heterocycles. The highest BCUT2D eigenvalue weighted by molar-refractivity contribution is 7.99. The normalized spacial score (nSPS) is 11.8. The summed E-state index contributed by atoms with van der Waals surface area (Å²) in [5.41, 5.74) is 4.62. The Kier molecular flexibility index (Phi) is 5.08. The Morgan fingerprint density at radius 1 is 1.25 bits per heavy atom. The van der Waals surface area contributed by atoms with E-state index in [9.17, 15) is 13.2 Å². The van der Waals surface area contributed by atoms with E-state index in [-0.39, 0.29) is 0 Å². The van der Waals surface area contributed by atoms with Crippen LogP contribution in [0.1, 0.15) is 18.4 Å². The molecule has 2 nitrogen and oxygen atoms in total. The molecule has 0 saturated heterocycles. The summed E-state index contributed by atoms with van der Waals surface area (Å²) in [6.45, 7) is 0.640. The van der Waals surface area contributed by atoms with Gasteiger partial charge in [0.25, 0.3) is 0 Å². The van der Waals surface area contributed by atoms with Gasteiger partial charge in [0.05, 0.1) is 10.6 Å². The van der Waals surface area contributed by atoms with E-state index in [1.165, 1.54) is 17.8 Å². The van der Waals surface area contributed by atoms with E-state index in [2.05, 4.69) is 4.98 Å². The lowest BCUT2D eigenvalue weighted by Gasteiger charge is -2.06. The quantitative estimate of drug-likeness (QED) is 0.645. The maximum Gasteiger partial charge on any atom is 0.417 e. The number of pyridine rings is 1. The first-order valence-corrected chi connectivity index (χ1v) is 5.88. The highest BCUT2D eigenvalue weighted by Gasteiger charge is 2.30. The highest BCUT2D eigenvalue weighted by atomic mass is 32.2. The fourth-order valence-corrected chi connectivity index (χ4v) is 1.91. The second kappa shape index (κ2) is 6.10. The van der Waals surface area contributed by atoms with Crippen LogP contribution in [0.2, 0.25) is 0 Å². The first kappa shape index (κ1) is 13.3. The molecule has 0 spiro atoms. The molecule has 1 rings (SSSR count). The Labute approximate surface area is 96.4 Å². The van der Waals surface area contributed by atoms with Gasteiger partial charge in [0.15, 0.2) is 0 Å². The van der Waals surface area contributed by atoms with Gasteiger partial charge in [0.1, 0.15) is 0 Å². The van der Waals surface area contributed by atoms with E-state index in [0.717, 1.165) is 30.9 Å². The van der Waals surface area contributed by atoms with E-state index in [1.807, 2.05) is 0 Å². The zero-order valence-electron chi connectivity index (χ0n) is 8.63. The molecule has 0 aromatic carbocycles. The molecule has 0 atom stereocenters. The zero-order chi connectivity index (χ0) is 12.0. The van der Waals surface area contributed by atoms with Crippen molar-refractivity contribution in [2.75, 3.05) is 12.3 Å². The van der Waals surface area contributed by atoms with Crippen molar-refractivity contribution in [3.05, 3.63) is 23.9 Å². The summed E-state index contributed by atoms with van der Waals surface area (Å²) in [6, 6.07) is 2.45. The van der Waals surface area contributed by atoms with Gasteiger partial charge in [-0.2, -0.15) is 13.2 Å². The summed E-state index contributed by atoms with van der Waals surface area (Å²) >= 11 is 1.45. The molecule has 90 valence electrons. The summed E-state index contributed by atoms with van der Waals surface area (Å²) in [7, 11) is 0. The average molecular weight is 250 g/mol. The molecule has 0 bridgehead atoms. The first-order valence-electron chi connectivity index (χ1n) is 4.90. The molecule has 2 N–H and O–H groups in total. The maximum atomic E-state index is 12.2. The molecule has 1 aromatic rings. The predicted octanol–water partition coefficient (Wildman–Crippen LogP) is 2.93. The molecule has 0 saturated carbocycles. The van der Waals surface area contributed by atoms with Crippen molar-refractivity contribution in [2.45, 2.75) is 24.0 Å². The van der Waals surface area contributed by atoms with Gasteiger partial charge in [-0.1, -0.05) is 0 Å².